The maximum Gasteiger partial charge on any atom is 0.211 e. The zero-order valence-electron chi connectivity index (χ0n) is 13.1. The molecule has 3 nitrogen and oxygen atoms in total. The molecule has 1 aliphatic heterocycles. The fraction of sp³-hybridized carbons (Fsp3) is 0.278. The van der Waals surface area contributed by atoms with Gasteiger partial charge in [0.25, 0.3) is 0 Å². The number of nitrogens with one attached hydrogen (secondary N) is 2. The Kier molecular flexibility index (Phi) is 4.81. The molecule has 3 rings (SSSR count). The number of anilines is 1. The smallest absolute Gasteiger partial charge is 0.211 e. The van der Waals surface area contributed by atoms with Gasteiger partial charge in [0.05, 0.1) is 5.02 Å². The van der Waals surface area contributed by atoms with E-state index in [4.69, 9.17) is 23.2 Å². The predicted octanol–water partition coefficient (Wildman–Crippen LogP) is 4.35. The van der Waals surface area contributed by atoms with E-state index < -0.39 is 11.2 Å². The Hall–Kier alpha value is -1.62. The lowest BCUT2D eigenvalue weighted by Crippen LogP contribution is -2.31. The number of halogens is 3. The molecule has 0 saturated carbocycles. The summed E-state index contributed by atoms with van der Waals surface area (Å²) in [5.41, 5.74) is 1.70. The van der Waals surface area contributed by atoms with Crippen LogP contribution in [0.25, 0.3) is 0 Å². The SMILES string of the molecule is CC1(c2ccc(Cl)cc2NC=O)CNCC1c1cccc(Cl)c1F. The van der Waals surface area contributed by atoms with Gasteiger partial charge in [-0.25, -0.2) is 4.39 Å². The van der Waals surface area contributed by atoms with Crippen LogP contribution < -0.4 is 10.6 Å². The summed E-state index contributed by atoms with van der Waals surface area (Å²) in [6.45, 7) is 3.33. The first kappa shape index (κ1) is 17.2. The highest BCUT2D eigenvalue weighted by atomic mass is 35.5. The topological polar surface area (TPSA) is 41.1 Å². The van der Waals surface area contributed by atoms with Crippen molar-refractivity contribution >= 4 is 35.3 Å². The third-order valence-corrected chi connectivity index (χ3v) is 5.30. The van der Waals surface area contributed by atoms with Crippen LogP contribution in [-0.2, 0) is 10.2 Å². The maximum absolute atomic E-state index is 14.6. The molecule has 6 heteroatoms. The highest BCUT2D eigenvalue weighted by Crippen LogP contribution is 2.46. The molecule has 126 valence electrons. The Labute approximate surface area is 150 Å². The average Bonchev–Trinajstić information content (AvgIpc) is 2.93. The van der Waals surface area contributed by atoms with Crippen LogP contribution in [0.3, 0.4) is 0 Å². The van der Waals surface area contributed by atoms with Crippen LogP contribution in [0.2, 0.25) is 10.0 Å². The Morgan fingerprint density at radius 1 is 1.33 bits per heavy atom. The Morgan fingerprint density at radius 2 is 2.12 bits per heavy atom. The van der Waals surface area contributed by atoms with Gasteiger partial charge in [-0.2, -0.15) is 0 Å². The van der Waals surface area contributed by atoms with Gasteiger partial charge in [0.15, 0.2) is 0 Å². The van der Waals surface area contributed by atoms with Crippen LogP contribution in [0, 0.1) is 5.82 Å². The molecule has 0 spiro atoms. The summed E-state index contributed by atoms with van der Waals surface area (Å²) in [6, 6.07) is 10.4. The Balaban J connectivity index is 2.12. The molecule has 2 aromatic rings. The van der Waals surface area contributed by atoms with E-state index in [1.165, 1.54) is 0 Å². The zero-order valence-corrected chi connectivity index (χ0v) is 14.6. The second-order valence-electron chi connectivity index (χ2n) is 6.20. The number of hydrogen-bond donors (Lipinski definition) is 2. The second-order valence-corrected chi connectivity index (χ2v) is 7.04. The minimum atomic E-state index is -0.415. The lowest BCUT2D eigenvalue weighted by atomic mass is 9.70. The van der Waals surface area contributed by atoms with Crippen LogP contribution in [0.1, 0.15) is 24.0 Å². The summed E-state index contributed by atoms with van der Waals surface area (Å²) < 4.78 is 14.6. The number of rotatable bonds is 4. The molecule has 1 amide bonds. The molecule has 0 aliphatic carbocycles. The van der Waals surface area contributed by atoms with Crippen molar-refractivity contribution in [1.82, 2.24) is 5.32 Å². The molecule has 1 aliphatic rings. The van der Waals surface area contributed by atoms with E-state index in [2.05, 4.69) is 17.6 Å². The first-order chi connectivity index (χ1) is 11.5. The van der Waals surface area contributed by atoms with Crippen LogP contribution in [-0.4, -0.2) is 19.5 Å². The van der Waals surface area contributed by atoms with E-state index in [-0.39, 0.29) is 10.9 Å². The molecule has 1 fully saturated rings. The van der Waals surface area contributed by atoms with Gasteiger partial charge in [0.1, 0.15) is 5.82 Å². The van der Waals surface area contributed by atoms with Crippen molar-refractivity contribution in [2.75, 3.05) is 18.4 Å². The summed E-state index contributed by atoms with van der Waals surface area (Å²) in [5.74, 6) is -0.512. The fourth-order valence-electron chi connectivity index (χ4n) is 3.55. The van der Waals surface area contributed by atoms with Crippen molar-refractivity contribution in [3.05, 3.63) is 63.4 Å². The molecule has 2 unspecified atom stereocenters. The maximum atomic E-state index is 14.6. The van der Waals surface area contributed by atoms with Crippen molar-refractivity contribution in [3.8, 4) is 0 Å². The average molecular weight is 367 g/mol. The summed E-state index contributed by atoms with van der Waals surface area (Å²) in [5, 5.41) is 6.68. The van der Waals surface area contributed by atoms with E-state index in [0.717, 1.165) is 5.56 Å². The molecule has 24 heavy (non-hydrogen) atoms. The minimum absolute atomic E-state index is 0.115. The quantitative estimate of drug-likeness (QED) is 0.789. The Bertz CT molecular complexity index is 784. The number of amides is 1. The Morgan fingerprint density at radius 3 is 2.88 bits per heavy atom. The standard InChI is InChI=1S/C18H17Cl2FN2O/c1-18(13-6-5-11(19)7-16(13)23-10-24)9-22-8-14(18)12-3-2-4-15(20)17(12)21/h2-7,10,14,22H,8-9H2,1H3,(H,23,24). The van der Waals surface area contributed by atoms with Crippen LogP contribution >= 0.6 is 23.2 Å². The fourth-order valence-corrected chi connectivity index (χ4v) is 3.90. The highest BCUT2D eigenvalue weighted by molar-refractivity contribution is 6.31. The summed E-state index contributed by atoms with van der Waals surface area (Å²) in [6.07, 6.45) is 0.621. The molecule has 2 N–H and O–H groups in total. The molecule has 0 radical (unpaired) electrons. The van der Waals surface area contributed by atoms with E-state index in [0.29, 0.717) is 35.8 Å². The van der Waals surface area contributed by atoms with Crippen molar-refractivity contribution in [2.45, 2.75) is 18.3 Å². The van der Waals surface area contributed by atoms with Gasteiger partial charge < -0.3 is 10.6 Å². The van der Waals surface area contributed by atoms with Gasteiger partial charge in [-0.15, -0.1) is 0 Å². The highest BCUT2D eigenvalue weighted by Gasteiger charge is 2.43. The second kappa shape index (κ2) is 6.71. The lowest BCUT2D eigenvalue weighted by Gasteiger charge is -2.33. The van der Waals surface area contributed by atoms with Gasteiger partial charge in [0.2, 0.25) is 6.41 Å². The van der Waals surface area contributed by atoms with Gasteiger partial charge in [-0.3, -0.25) is 4.79 Å². The molecular formula is C18H17Cl2FN2O. The van der Waals surface area contributed by atoms with Gasteiger partial charge in [-0.05, 0) is 29.3 Å². The number of carbonyl (C=O) groups is 1. The van der Waals surface area contributed by atoms with Crippen molar-refractivity contribution in [3.63, 3.8) is 0 Å². The van der Waals surface area contributed by atoms with Crippen molar-refractivity contribution in [2.24, 2.45) is 0 Å². The van der Waals surface area contributed by atoms with Crippen molar-refractivity contribution < 1.29 is 9.18 Å². The monoisotopic (exact) mass is 366 g/mol. The zero-order chi connectivity index (χ0) is 17.3. The van der Waals surface area contributed by atoms with Crippen LogP contribution in [0.15, 0.2) is 36.4 Å². The minimum Gasteiger partial charge on any atom is -0.328 e. The number of hydrogen-bond acceptors (Lipinski definition) is 2. The molecule has 1 heterocycles. The summed E-state index contributed by atoms with van der Waals surface area (Å²) in [7, 11) is 0. The van der Waals surface area contributed by atoms with Gasteiger partial charge in [0, 0.05) is 35.1 Å². The molecule has 2 aromatic carbocycles. The molecule has 1 saturated heterocycles. The first-order valence-electron chi connectivity index (χ1n) is 7.62. The van der Waals surface area contributed by atoms with Gasteiger partial charge >= 0.3 is 0 Å². The number of benzene rings is 2. The third-order valence-electron chi connectivity index (χ3n) is 4.78. The number of carbonyl (C=O) groups excluding carboxylic acids is 1. The molecular weight excluding hydrogens is 350 g/mol. The van der Waals surface area contributed by atoms with E-state index in [9.17, 15) is 9.18 Å². The lowest BCUT2D eigenvalue weighted by molar-refractivity contribution is -0.105. The van der Waals surface area contributed by atoms with Crippen LogP contribution in [0.4, 0.5) is 10.1 Å². The largest absolute Gasteiger partial charge is 0.328 e. The van der Waals surface area contributed by atoms with E-state index >= 15 is 0 Å². The van der Waals surface area contributed by atoms with Crippen LogP contribution in [0.5, 0.6) is 0 Å². The third kappa shape index (κ3) is 2.90. The summed E-state index contributed by atoms with van der Waals surface area (Å²) >= 11 is 12.0. The molecule has 0 bridgehead atoms. The first-order valence-corrected chi connectivity index (χ1v) is 8.38. The van der Waals surface area contributed by atoms with Crippen molar-refractivity contribution in [1.29, 1.82) is 0 Å². The van der Waals surface area contributed by atoms with Gasteiger partial charge in [-0.1, -0.05) is 48.3 Å². The van der Waals surface area contributed by atoms with E-state index in [1.807, 2.05) is 6.07 Å². The predicted molar refractivity (Wildman–Crippen MR) is 95.5 cm³/mol. The molecule has 2 atom stereocenters. The van der Waals surface area contributed by atoms with E-state index in [1.54, 1.807) is 30.3 Å². The molecule has 0 aromatic heterocycles. The normalized spacial score (nSPS) is 23.2. The summed E-state index contributed by atoms with van der Waals surface area (Å²) in [4.78, 5) is 11.0.